The first kappa shape index (κ1) is 18.3. The van der Waals surface area contributed by atoms with Gasteiger partial charge in [0.15, 0.2) is 0 Å². The van der Waals surface area contributed by atoms with Gasteiger partial charge in [-0.25, -0.2) is 4.39 Å². The predicted molar refractivity (Wildman–Crippen MR) is 104 cm³/mol. The zero-order valence-corrected chi connectivity index (χ0v) is 14.8. The number of carbonyl (C=O) groups excluding carboxylic acids is 2. The molecule has 0 aliphatic rings. The summed E-state index contributed by atoms with van der Waals surface area (Å²) in [7, 11) is 0. The van der Waals surface area contributed by atoms with Gasteiger partial charge in [0.05, 0.1) is 17.7 Å². The largest absolute Gasteiger partial charge is 0.325 e. The lowest BCUT2D eigenvalue weighted by Gasteiger charge is -2.12. The van der Waals surface area contributed by atoms with Crippen molar-refractivity contribution in [3.05, 3.63) is 95.3 Å². The van der Waals surface area contributed by atoms with Crippen molar-refractivity contribution in [1.29, 1.82) is 0 Å². The van der Waals surface area contributed by atoms with Gasteiger partial charge in [0, 0.05) is 5.69 Å². The molecule has 0 atom stereocenters. The van der Waals surface area contributed by atoms with E-state index in [0.717, 1.165) is 5.56 Å². The highest BCUT2D eigenvalue weighted by molar-refractivity contribution is 6.10. The van der Waals surface area contributed by atoms with Gasteiger partial charge in [-0.1, -0.05) is 42.5 Å². The van der Waals surface area contributed by atoms with E-state index in [1.165, 1.54) is 6.07 Å². The number of anilines is 2. The molecule has 136 valence electrons. The van der Waals surface area contributed by atoms with Gasteiger partial charge in [-0.15, -0.1) is 0 Å². The Morgan fingerprint density at radius 2 is 1.63 bits per heavy atom. The predicted octanol–water partition coefficient (Wildman–Crippen LogP) is 4.57. The minimum atomic E-state index is -0.432. The maximum absolute atomic E-state index is 13.7. The number of para-hydroxylation sites is 1. The molecule has 2 N–H and O–H groups in total. The molecule has 0 radical (unpaired) electrons. The molecular weight excluding hydrogens is 343 g/mol. The van der Waals surface area contributed by atoms with Crippen molar-refractivity contribution in [2.75, 3.05) is 10.6 Å². The molecule has 3 rings (SSSR count). The molecule has 0 aliphatic carbocycles. The summed E-state index contributed by atoms with van der Waals surface area (Å²) < 4.78 is 13.7. The first-order valence-corrected chi connectivity index (χ1v) is 8.53. The SMILES string of the molecule is Cc1cccc(NC(=O)c2ccccc2NC(=O)Cc2ccccc2F)c1. The Kier molecular flexibility index (Phi) is 5.61. The number of nitrogens with one attached hydrogen (secondary N) is 2. The molecule has 0 saturated heterocycles. The van der Waals surface area contributed by atoms with Crippen LogP contribution in [0.25, 0.3) is 0 Å². The number of aryl methyl sites for hydroxylation is 1. The maximum Gasteiger partial charge on any atom is 0.257 e. The highest BCUT2D eigenvalue weighted by atomic mass is 19.1. The Morgan fingerprint density at radius 1 is 0.889 bits per heavy atom. The number of amides is 2. The minimum Gasteiger partial charge on any atom is -0.325 e. The summed E-state index contributed by atoms with van der Waals surface area (Å²) >= 11 is 0. The summed E-state index contributed by atoms with van der Waals surface area (Å²) in [6, 6.07) is 20.3. The van der Waals surface area contributed by atoms with Crippen LogP contribution in [0.4, 0.5) is 15.8 Å². The van der Waals surface area contributed by atoms with E-state index in [0.29, 0.717) is 22.5 Å². The van der Waals surface area contributed by atoms with Crippen molar-refractivity contribution < 1.29 is 14.0 Å². The molecule has 0 fully saturated rings. The molecule has 0 heterocycles. The van der Waals surface area contributed by atoms with E-state index in [1.807, 2.05) is 25.1 Å². The van der Waals surface area contributed by atoms with Crippen LogP contribution in [0.5, 0.6) is 0 Å². The first-order chi connectivity index (χ1) is 13.0. The van der Waals surface area contributed by atoms with Gasteiger partial charge in [0.1, 0.15) is 5.82 Å². The molecule has 0 unspecified atom stereocenters. The first-order valence-electron chi connectivity index (χ1n) is 8.53. The molecule has 2 amide bonds. The quantitative estimate of drug-likeness (QED) is 0.699. The average Bonchev–Trinajstić information content (AvgIpc) is 2.64. The van der Waals surface area contributed by atoms with Crippen molar-refractivity contribution in [3.8, 4) is 0 Å². The van der Waals surface area contributed by atoms with Crippen molar-refractivity contribution in [2.24, 2.45) is 0 Å². The molecule has 27 heavy (non-hydrogen) atoms. The fraction of sp³-hybridized carbons (Fsp3) is 0.0909. The highest BCUT2D eigenvalue weighted by Gasteiger charge is 2.14. The summed E-state index contributed by atoms with van der Waals surface area (Å²) in [5.41, 5.74) is 2.72. The smallest absolute Gasteiger partial charge is 0.257 e. The monoisotopic (exact) mass is 362 g/mol. The van der Waals surface area contributed by atoms with Gasteiger partial charge in [-0.3, -0.25) is 9.59 Å². The van der Waals surface area contributed by atoms with Gasteiger partial charge < -0.3 is 10.6 Å². The second kappa shape index (κ2) is 8.27. The third-order valence-corrected chi connectivity index (χ3v) is 4.03. The number of hydrogen-bond donors (Lipinski definition) is 2. The van der Waals surface area contributed by atoms with Crippen LogP contribution in [0.3, 0.4) is 0 Å². The summed E-state index contributed by atoms with van der Waals surface area (Å²) in [4.78, 5) is 24.9. The lowest BCUT2D eigenvalue weighted by Crippen LogP contribution is -2.19. The standard InChI is InChI=1S/C22H19FN2O2/c1-15-7-6-9-17(13-15)24-22(27)18-10-3-5-12-20(18)25-21(26)14-16-8-2-4-11-19(16)23/h2-13H,14H2,1H3,(H,24,27)(H,25,26). The van der Waals surface area contributed by atoms with Crippen LogP contribution < -0.4 is 10.6 Å². The Hall–Kier alpha value is -3.47. The van der Waals surface area contributed by atoms with E-state index in [1.54, 1.807) is 48.5 Å². The normalized spacial score (nSPS) is 10.3. The van der Waals surface area contributed by atoms with E-state index in [4.69, 9.17) is 0 Å². The molecule has 0 bridgehead atoms. The molecule has 0 aliphatic heterocycles. The Balaban J connectivity index is 1.74. The van der Waals surface area contributed by atoms with Crippen LogP contribution >= 0.6 is 0 Å². The third kappa shape index (κ3) is 4.79. The number of halogens is 1. The summed E-state index contributed by atoms with van der Waals surface area (Å²) in [5.74, 6) is -1.16. The summed E-state index contributed by atoms with van der Waals surface area (Å²) in [6.07, 6.45) is -0.111. The second-order valence-corrected chi connectivity index (χ2v) is 6.19. The fourth-order valence-corrected chi connectivity index (χ4v) is 2.72. The fourth-order valence-electron chi connectivity index (χ4n) is 2.72. The van der Waals surface area contributed by atoms with E-state index < -0.39 is 11.7 Å². The number of hydrogen-bond acceptors (Lipinski definition) is 2. The molecule has 5 heteroatoms. The van der Waals surface area contributed by atoms with Crippen molar-refractivity contribution in [3.63, 3.8) is 0 Å². The van der Waals surface area contributed by atoms with Gasteiger partial charge in [-0.05, 0) is 48.4 Å². The summed E-state index contributed by atoms with van der Waals surface area (Å²) in [5, 5.41) is 5.52. The van der Waals surface area contributed by atoms with E-state index >= 15 is 0 Å². The highest BCUT2D eigenvalue weighted by Crippen LogP contribution is 2.19. The molecule has 0 aromatic heterocycles. The molecule has 4 nitrogen and oxygen atoms in total. The van der Waals surface area contributed by atoms with E-state index in [2.05, 4.69) is 10.6 Å². The van der Waals surface area contributed by atoms with Crippen LogP contribution in [0.1, 0.15) is 21.5 Å². The van der Waals surface area contributed by atoms with Gasteiger partial charge in [-0.2, -0.15) is 0 Å². The minimum absolute atomic E-state index is 0.111. The lowest BCUT2D eigenvalue weighted by atomic mass is 10.1. The Bertz CT molecular complexity index is 985. The van der Waals surface area contributed by atoms with Gasteiger partial charge in [0.25, 0.3) is 5.91 Å². The zero-order chi connectivity index (χ0) is 19.2. The molecule has 0 saturated carbocycles. The topological polar surface area (TPSA) is 58.2 Å². The average molecular weight is 362 g/mol. The van der Waals surface area contributed by atoms with E-state index in [9.17, 15) is 14.0 Å². The number of benzene rings is 3. The van der Waals surface area contributed by atoms with Crippen molar-refractivity contribution in [1.82, 2.24) is 0 Å². The van der Waals surface area contributed by atoms with Crippen LogP contribution in [0, 0.1) is 12.7 Å². The summed E-state index contributed by atoms with van der Waals surface area (Å²) in [6.45, 7) is 1.94. The Morgan fingerprint density at radius 3 is 2.41 bits per heavy atom. The van der Waals surface area contributed by atoms with Crippen LogP contribution in [0.2, 0.25) is 0 Å². The number of rotatable bonds is 5. The maximum atomic E-state index is 13.7. The molecule has 0 spiro atoms. The van der Waals surface area contributed by atoms with Crippen molar-refractivity contribution >= 4 is 23.2 Å². The van der Waals surface area contributed by atoms with E-state index in [-0.39, 0.29) is 12.3 Å². The number of carbonyl (C=O) groups is 2. The zero-order valence-electron chi connectivity index (χ0n) is 14.8. The second-order valence-electron chi connectivity index (χ2n) is 6.19. The van der Waals surface area contributed by atoms with Gasteiger partial charge in [0.2, 0.25) is 5.91 Å². The van der Waals surface area contributed by atoms with Crippen LogP contribution in [0.15, 0.2) is 72.8 Å². The molecule has 3 aromatic carbocycles. The molecule has 3 aromatic rings. The Labute approximate surface area is 157 Å². The van der Waals surface area contributed by atoms with Crippen LogP contribution in [-0.2, 0) is 11.2 Å². The van der Waals surface area contributed by atoms with Crippen LogP contribution in [-0.4, -0.2) is 11.8 Å². The molecular formula is C22H19FN2O2. The third-order valence-electron chi connectivity index (χ3n) is 4.03. The van der Waals surface area contributed by atoms with Gasteiger partial charge >= 0.3 is 0 Å². The lowest BCUT2D eigenvalue weighted by molar-refractivity contribution is -0.115. The van der Waals surface area contributed by atoms with Crippen molar-refractivity contribution in [2.45, 2.75) is 13.3 Å².